The first-order chi connectivity index (χ1) is 8.94. The van der Waals surface area contributed by atoms with Crippen LogP contribution < -0.4 is 5.32 Å². The van der Waals surface area contributed by atoms with Crippen LogP contribution in [0, 0.1) is 19.3 Å². The molecule has 0 saturated heterocycles. The molecule has 1 aromatic rings. The van der Waals surface area contributed by atoms with Crippen LogP contribution in [0.1, 0.15) is 47.8 Å². The molecule has 1 aromatic heterocycles. The monoisotopic (exact) mass is 266 g/mol. The minimum atomic E-state index is -0.837. The number of aliphatic carboxylic acids is 1. The normalized spacial score (nSPS) is 17.4. The van der Waals surface area contributed by atoms with Crippen molar-refractivity contribution in [3.63, 3.8) is 0 Å². The summed E-state index contributed by atoms with van der Waals surface area (Å²) in [5, 5.41) is 12.0. The molecule has 19 heavy (non-hydrogen) atoms. The summed E-state index contributed by atoms with van der Waals surface area (Å²) >= 11 is 0. The smallest absolute Gasteiger partial charge is 0.311 e. The van der Waals surface area contributed by atoms with E-state index in [1.54, 1.807) is 13.8 Å². The summed E-state index contributed by atoms with van der Waals surface area (Å²) in [6.45, 7) is 3.49. The third kappa shape index (κ3) is 2.62. The number of hydrogen-bond donors (Lipinski definition) is 2. The highest BCUT2D eigenvalue weighted by atomic mass is 16.4. The number of aryl methyl sites for hydroxylation is 2. The molecule has 1 amide bonds. The van der Waals surface area contributed by atoms with Gasteiger partial charge in [-0.3, -0.25) is 9.59 Å². The highest BCUT2D eigenvalue weighted by Crippen LogP contribution is 2.37. The lowest BCUT2D eigenvalue weighted by Crippen LogP contribution is -2.41. The predicted molar refractivity (Wildman–Crippen MR) is 66.8 cm³/mol. The lowest BCUT2D eigenvalue weighted by Gasteiger charge is -2.23. The number of carbonyl (C=O) groups excluding carboxylic acids is 1. The first-order valence-corrected chi connectivity index (χ1v) is 6.40. The van der Waals surface area contributed by atoms with Crippen LogP contribution in [0.25, 0.3) is 0 Å². The number of rotatable bonds is 4. The average Bonchev–Trinajstić information content (AvgIpc) is 2.94. The van der Waals surface area contributed by atoms with Gasteiger partial charge in [0.25, 0.3) is 5.91 Å². The van der Waals surface area contributed by atoms with E-state index in [9.17, 15) is 14.7 Å². The van der Waals surface area contributed by atoms with Gasteiger partial charge >= 0.3 is 5.97 Å². The quantitative estimate of drug-likeness (QED) is 0.864. The van der Waals surface area contributed by atoms with Gasteiger partial charge in [-0.1, -0.05) is 12.8 Å². The Bertz CT molecular complexity index is 501. The minimum absolute atomic E-state index is 0.139. The Labute approximate surface area is 111 Å². The number of nitrogens with one attached hydrogen (secondary N) is 1. The van der Waals surface area contributed by atoms with Crippen molar-refractivity contribution in [2.45, 2.75) is 39.5 Å². The van der Waals surface area contributed by atoms with Crippen molar-refractivity contribution < 1.29 is 19.1 Å². The Morgan fingerprint density at radius 3 is 2.47 bits per heavy atom. The van der Waals surface area contributed by atoms with Crippen LogP contribution in [0.4, 0.5) is 0 Å². The van der Waals surface area contributed by atoms with Crippen molar-refractivity contribution in [2.24, 2.45) is 5.41 Å². The van der Waals surface area contributed by atoms with Gasteiger partial charge in [0.05, 0.1) is 11.1 Å². The molecule has 0 spiro atoms. The Hall–Kier alpha value is -1.85. The van der Waals surface area contributed by atoms with Crippen LogP contribution in [0.15, 0.2) is 4.42 Å². The zero-order valence-corrected chi connectivity index (χ0v) is 11.2. The van der Waals surface area contributed by atoms with Crippen molar-refractivity contribution >= 4 is 11.9 Å². The number of oxazole rings is 1. The molecular weight excluding hydrogens is 248 g/mol. The standard InChI is InChI=1S/C13H18N2O4/c1-8-10(19-9(2)15-8)11(16)14-7-13(12(17)18)5-3-4-6-13/h3-7H2,1-2H3,(H,14,16)(H,17,18). The second kappa shape index (κ2) is 5.03. The maximum absolute atomic E-state index is 12.0. The summed E-state index contributed by atoms with van der Waals surface area (Å²) < 4.78 is 5.21. The summed E-state index contributed by atoms with van der Waals surface area (Å²) in [6.07, 6.45) is 3.00. The van der Waals surface area contributed by atoms with E-state index >= 15 is 0 Å². The molecule has 2 rings (SSSR count). The third-order valence-electron chi connectivity index (χ3n) is 3.71. The van der Waals surface area contributed by atoms with Gasteiger partial charge in [0, 0.05) is 13.5 Å². The Morgan fingerprint density at radius 1 is 1.37 bits per heavy atom. The molecule has 0 atom stereocenters. The van der Waals surface area contributed by atoms with Crippen LogP contribution >= 0.6 is 0 Å². The fraction of sp³-hybridized carbons (Fsp3) is 0.615. The maximum Gasteiger partial charge on any atom is 0.311 e. The summed E-state index contributed by atoms with van der Waals surface area (Å²) in [5.41, 5.74) is -0.302. The molecule has 1 fully saturated rings. The van der Waals surface area contributed by atoms with E-state index in [1.165, 1.54) is 0 Å². The number of amides is 1. The van der Waals surface area contributed by atoms with Gasteiger partial charge < -0.3 is 14.8 Å². The Morgan fingerprint density at radius 2 is 2.00 bits per heavy atom. The third-order valence-corrected chi connectivity index (χ3v) is 3.71. The molecule has 0 aliphatic heterocycles. The van der Waals surface area contributed by atoms with Crippen LogP contribution in [-0.2, 0) is 4.79 Å². The first-order valence-electron chi connectivity index (χ1n) is 6.40. The summed E-state index contributed by atoms with van der Waals surface area (Å²) in [4.78, 5) is 27.3. The van der Waals surface area contributed by atoms with Crippen LogP contribution in [-0.4, -0.2) is 28.5 Å². The van der Waals surface area contributed by atoms with Gasteiger partial charge in [-0.05, 0) is 19.8 Å². The number of carbonyl (C=O) groups is 2. The highest BCUT2D eigenvalue weighted by Gasteiger charge is 2.41. The first kappa shape index (κ1) is 13.6. The number of hydrogen-bond acceptors (Lipinski definition) is 4. The molecule has 0 aromatic carbocycles. The van der Waals surface area contributed by atoms with E-state index < -0.39 is 17.3 Å². The minimum Gasteiger partial charge on any atom is -0.481 e. The SMILES string of the molecule is Cc1nc(C)c(C(=O)NCC2(C(=O)O)CCCC2)o1. The lowest BCUT2D eigenvalue weighted by molar-refractivity contribution is -0.148. The van der Waals surface area contributed by atoms with Gasteiger partial charge in [-0.2, -0.15) is 0 Å². The highest BCUT2D eigenvalue weighted by molar-refractivity contribution is 5.92. The zero-order chi connectivity index (χ0) is 14.0. The second-order valence-corrected chi connectivity index (χ2v) is 5.12. The second-order valence-electron chi connectivity index (χ2n) is 5.12. The molecular formula is C13H18N2O4. The van der Waals surface area contributed by atoms with E-state index in [4.69, 9.17) is 4.42 Å². The molecule has 104 valence electrons. The number of nitrogens with zero attached hydrogens (tertiary/aromatic N) is 1. The van der Waals surface area contributed by atoms with Crippen LogP contribution in [0.3, 0.4) is 0 Å². The van der Waals surface area contributed by atoms with Gasteiger partial charge in [-0.25, -0.2) is 4.98 Å². The molecule has 2 N–H and O–H groups in total. The Balaban J connectivity index is 2.04. The molecule has 0 unspecified atom stereocenters. The van der Waals surface area contributed by atoms with Crippen LogP contribution in [0.2, 0.25) is 0 Å². The molecule has 0 bridgehead atoms. The lowest BCUT2D eigenvalue weighted by atomic mass is 9.86. The molecule has 6 heteroatoms. The molecule has 0 radical (unpaired) electrons. The Kier molecular flexibility index (Phi) is 3.59. The van der Waals surface area contributed by atoms with Crippen molar-refractivity contribution in [2.75, 3.05) is 6.54 Å². The van der Waals surface area contributed by atoms with Gasteiger partial charge in [0.1, 0.15) is 0 Å². The summed E-state index contributed by atoms with van der Waals surface area (Å²) in [5.74, 6) is -0.645. The molecule has 1 heterocycles. The molecule has 6 nitrogen and oxygen atoms in total. The zero-order valence-electron chi connectivity index (χ0n) is 11.2. The predicted octanol–water partition coefficient (Wildman–Crippen LogP) is 1.67. The number of carboxylic acids is 1. The fourth-order valence-electron chi connectivity index (χ4n) is 2.59. The maximum atomic E-state index is 12.0. The van der Waals surface area contributed by atoms with E-state index in [2.05, 4.69) is 10.3 Å². The van der Waals surface area contributed by atoms with Gasteiger partial charge in [0.15, 0.2) is 5.89 Å². The fourth-order valence-corrected chi connectivity index (χ4v) is 2.59. The number of aromatic nitrogens is 1. The topological polar surface area (TPSA) is 92.4 Å². The van der Waals surface area contributed by atoms with E-state index in [0.29, 0.717) is 24.4 Å². The average molecular weight is 266 g/mol. The van der Waals surface area contributed by atoms with Gasteiger partial charge in [0.2, 0.25) is 5.76 Å². The van der Waals surface area contributed by atoms with E-state index in [0.717, 1.165) is 12.8 Å². The van der Waals surface area contributed by atoms with E-state index in [1.807, 2.05) is 0 Å². The van der Waals surface area contributed by atoms with Crippen molar-refractivity contribution in [3.8, 4) is 0 Å². The molecule has 1 saturated carbocycles. The number of carboxylic acid groups (broad SMARTS) is 1. The molecule has 1 aliphatic rings. The summed E-state index contributed by atoms with van der Waals surface area (Å²) in [7, 11) is 0. The van der Waals surface area contributed by atoms with Crippen LogP contribution in [0.5, 0.6) is 0 Å². The summed E-state index contributed by atoms with van der Waals surface area (Å²) in [6, 6.07) is 0. The van der Waals surface area contributed by atoms with E-state index in [-0.39, 0.29) is 12.3 Å². The van der Waals surface area contributed by atoms with Crippen molar-refractivity contribution in [1.29, 1.82) is 0 Å². The van der Waals surface area contributed by atoms with Crippen molar-refractivity contribution in [1.82, 2.24) is 10.3 Å². The van der Waals surface area contributed by atoms with Crippen molar-refractivity contribution in [3.05, 3.63) is 17.3 Å². The molecule has 1 aliphatic carbocycles. The van der Waals surface area contributed by atoms with Gasteiger partial charge in [-0.15, -0.1) is 0 Å². The largest absolute Gasteiger partial charge is 0.481 e.